The molecule has 0 amide bonds. The van der Waals surface area contributed by atoms with Gasteiger partial charge in [0.1, 0.15) is 23.0 Å². The van der Waals surface area contributed by atoms with Crippen LogP contribution in [0, 0.1) is 6.92 Å². The minimum atomic E-state index is 0.521. The van der Waals surface area contributed by atoms with Crippen LogP contribution in [-0.4, -0.2) is 25.1 Å². The normalized spacial score (nSPS) is 10.6. The molecule has 2 aromatic rings. The van der Waals surface area contributed by atoms with Crippen LogP contribution < -0.4 is 5.73 Å². The Labute approximate surface area is 97.1 Å². The summed E-state index contributed by atoms with van der Waals surface area (Å²) in [6.45, 7) is 3.87. The zero-order valence-electron chi connectivity index (χ0n) is 9.06. The summed E-state index contributed by atoms with van der Waals surface area (Å²) < 4.78 is 0. The number of rotatable bonds is 3. The molecule has 2 heterocycles. The van der Waals surface area contributed by atoms with Gasteiger partial charge in [0, 0.05) is 5.56 Å². The molecule has 2 aromatic heterocycles. The number of H-pyrrole nitrogens is 1. The number of nitrogens with zero attached hydrogens (tertiary/aromatic N) is 4. The molecule has 0 saturated carbocycles. The van der Waals surface area contributed by atoms with Crippen LogP contribution in [-0.2, 0) is 6.42 Å². The monoisotopic (exact) mass is 236 g/mol. The third-order valence-corrected chi connectivity index (χ3v) is 2.97. The Morgan fingerprint density at radius 3 is 2.88 bits per heavy atom. The topological polar surface area (TPSA) is 93.4 Å². The predicted molar refractivity (Wildman–Crippen MR) is 61.1 cm³/mol. The van der Waals surface area contributed by atoms with E-state index in [0.717, 1.165) is 22.8 Å². The second-order valence-corrected chi connectivity index (χ2v) is 4.16. The van der Waals surface area contributed by atoms with Gasteiger partial charge in [0.2, 0.25) is 5.16 Å². The molecule has 7 heteroatoms. The molecule has 0 aliphatic rings. The average molecular weight is 236 g/mol. The van der Waals surface area contributed by atoms with E-state index in [9.17, 15) is 0 Å². The quantitative estimate of drug-likeness (QED) is 0.778. The third-order valence-electron chi connectivity index (χ3n) is 2.06. The number of anilines is 1. The molecule has 16 heavy (non-hydrogen) atoms. The summed E-state index contributed by atoms with van der Waals surface area (Å²) in [6, 6.07) is 0. The van der Waals surface area contributed by atoms with Gasteiger partial charge in [0.05, 0.1) is 0 Å². The lowest BCUT2D eigenvalue weighted by Crippen LogP contribution is -2.00. The number of aromatic nitrogens is 5. The SMILES string of the molecule is CCc1c(N)ncnc1Sc1n[nH]c(C)n1. The van der Waals surface area contributed by atoms with E-state index in [2.05, 4.69) is 25.1 Å². The van der Waals surface area contributed by atoms with Gasteiger partial charge in [-0.1, -0.05) is 6.92 Å². The van der Waals surface area contributed by atoms with Gasteiger partial charge in [0.15, 0.2) is 0 Å². The van der Waals surface area contributed by atoms with Crippen LogP contribution in [0.25, 0.3) is 0 Å². The molecule has 0 bridgehead atoms. The van der Waals surface area contributed by atoms with Crippen molar-refractivity contribution in [3.63, 3.8) is 0 Å². The highest BCUT2D eigenvalue weighted by molar-refractivity contribution is 7.99. The Bertz CT molecular complexity index is 494. The second-order valence-electron chi connectivity index (χ2n) is 3.20. The fourth-order valence-electron chi connectivity index (χ4n) is 1.28. The minimum Gasteiger partial charge on any atom is -0.383 e. The number of nitrogens with two attached hydrogens (primary N) is 1. The van der Waals surface area contributed by atoms with Crippen molar-refractivity contribution in [3.05, 3.63) is 17.7 Å². The summed E-state index contributed by atoms with van der Waals surface area (Å²) in [7, 11) is 0. The number of aromatic amines is 1. The van der Waals surface area contributed by atoms with Gasteiger partial charge in [-0.3, -0.25) is 5.10 Å². The molecular formula is C9H12N6S. The molecule has 0 fully saturated rings. The van der Waals surface area contributed by atoms with Gasteiger partial charge >= 0.3 is 0 Å². The van der Waals surface area contributed by atoms with Crippen molar-refractivity contribution >= 4 is 17.6 Å². The maximum Gasteiger partial charge on any atom is 0.214 e. The number of nitrogen functional groups attached to an aromatic ring is 1. The van der Waals surface area contributed by atoms with Crippen molar-refractivity contribution in [1.82, 2.24) is 25.1 Å². The van der Waals surface area contributed by atoms with Crippen LogP contribution >= 0.6 is 11.8 Å². The lowest BCUT2D eigenvalue weighted by atomic mass is 10.2. The van der Waals surface area contributed by atoms with E-state index in [1.807, 2.05) is 13.8 Å². The van der Waals surface area contributed by atoms with Crippen LogP contribution in [0.2, 0.25) is 0 Å². The highest BCUT2D eigenvalue weighted by atomic mass is 32.2. The fourth-order valence-corrected chi connectivity index (χ4v) is 2.20. The summed E-state index contributed by atoms with van der Waals surface area (Å²) in [5.74, 6) is 1.30. The molecule has 0 aliphatic heterocycles. The standard InChI is InChI=1S/C9H12N6S/c1-3-6-7(10)11-4-12-8(6)16-9-13-5(2)14-15-9/h4H,3H2,1-2H3,(H2,10,11,12)(H,13,14,15). The predicted octanol–water partition coefficient (Wildman–Crippen LogP) is 1.20. The highest BCUT2D eigenvalue weighted by Gasteiger charge is 2.11. The van der Waals surface area contributed by atoms with E-state index >= 15 is 0 Å². The second kappa shape index (κ2) is 4.48. The Morgan fingerprint density at radius 2 is 2.25 bits per heavy atom. The minimum absolute atomic E-state index is 0.521. The lowest BCUT2D eigenvalue weighted by molar-refractivity contribution is 0.931. The summed E-state index contributed by atoms with van der Waals surface area (Å²) in [6.07, 6.45) is 2.24. The molecule has 84 valence electrons. The first-order valence-corrected chi connectivity index (χ1v) is 5.68. The third kappa shape index (κ3) is 2.13. The van der Waals surface area contributed by atoms with Gasteiger partial charge in [-0.25, -0.2) is 15.0 Å². The van der Waals surface area contributed by atoms with Crippen molar-refractivity contribution in [3.8, 4) is 0 Å². The van der Waals surface area contributed by atoms with Gasteiger partial charge in [0.25, 0.3) is 0 Å². The maximum absolute atomic E-state index is 5.78. The van der Waals surface area contributed by atoms with E-state index in [1.165, 1.54) is 18.1 Å². The molecule has 0 unspecified atom stereocenters. The van der Waals surface area contributed by atoms with E-state index in [-0.39, 0.29) is 0 Å². The van der Waals surface area contributed by atoms with Gasteiger partial charge < -0.3 is 5.73 Å². The van der Waals surface area contributed by atoms with E-state index < -0.39 is 0 Å². The largest absolute Gasteiger partial charge is 0.383 e. The van der Waals surface area contributed by atoms with Crippen LogP contribution in [0.3, 0.4) is 0 Å². The van der Waals surface area contributed by atoms with E-state index in [1.54, 1.807) is 0 Å². The molecule has 2 rings (SSSR count). The Kier molecular flexibility index (Phi) is 3.04. The summed E-state index contributed by atoms with van der Waals surface area (Å²) in [5.41, 5.74) is 6.72. The summed E-state index contributed by atoms with van der Waals surface area (Å²) in [4.78, 5) is 12.4. The Balaban J connectivity index is 2.30. The maximum atomic E-state index is 5.78. The molecule has 0 aromatic carbocycles. The highest BCUT2D eigenvalue weighted by Crippen LogP contribution is 2.27. The van der Waals surface area contributed by atoms with Gasteiger partial charge in [-0.2, -0.15) is 0 Å². The fraction of sp³-hybridized carbons (Fsp3) is 0.333. The van der Waals surface area contributed by atoms with Crippen molar-refractivity contribution in [2.24, 2.45) is 0 Å². The molecule has 0 atom stereocenters. The molecule has 6 nitrogen and oxygen atoms in total. The van der Waals surface area contributed by atoms with Crippen LogP contribution in [0.15, 0.2) is 16.5 Å². The van der Waals surface area contributed by atoms with E-state index in [0.29, 0.717) is 11.0 Å². The summed E-state index contributed by atoms with van der Waals surface area (Å²) >= 11 is 1.39. The van der Waals surface area contributed by atoms with Crippen molar-refractivity contribution < 1.29 is 0 Å². The lowest BCUT2D eigenvalue weighted by Gasteiger charge is -2.05. The zero-order valence-corrected chi connectivity index (χ0v) is 9.88. The molecule has 0 saturated heterocycles. The smallest absolute Gasteiger partial charge is 0.214 e. The average Bonchev–Trinajstić information content (AvgIpc) is 2.64. The van der Waals surface area contributed by atoms with Crippen LogP contribution in [0.1, 0.15) is 18.3 Å². The Morgan fingerprint density at radius 1 is 1.44 bits per heavy atom. The van der Waals surface area contributed by atoms with Crippen LogP contribution in [0.4, 0.5) is 5.82 Å². The Hall–Kier alpha value is -1.63. The van der Waals surface area contributed by atoms with Crippen molar-refractivity contribution in [1.29, 1.82) is 0 Å². The first kappa shape index (κ1) is 10.9. The molecular weight excluding hydrogens is 224 g/mol. The number of nitrogens with one attached hydrogen (secondary N) is 1. The number of hydrogen-bond acceptors (Lipinski definition) is 6. The van der Waals surface area contributed by atoms with Crippen LogP contribution in [0.5, 0.6) is 0 Å². The van der Waals surface area contributed by atoms with E-state index in [4.69, 9.17) is 5.73 Å². The molecule has 0 spiro atoms. The number of aryl methyl sites for hydroxylation is 1. The first-order valence-electron chi connectivity index (χ1n) is 4.87. The molecule has 0 radical (unpaired) electrons. The van der Waals surface area contributed by atoms with Crippen molar-refractivity contribution in [2.45, 2.75) is 30.5 Å². The van der Waals surface area contributed by atoms with Gasteiger partial charge in [-0.05, 0) is 25.1 Å². The number of hydrogen-bond donors (Lipinski definition) is 2. The molecule has 3 N–H and O–H groups in total. The zero-order chi connectivity index (χ0) is 11.5. The molecule has 0 aliphatic carbocycles. The first-order chi connectivity index (χ1) is 7.70. The van der Waals surface area contributed by atoms with Gasteiger partial charge in [-0.15, -0.1) is 5.10 Å². The van der Waals surface area contributed by atoms with Crippen molar-refractivity contribution in [2.75, 3.05) is 5.73 Å². The summed E-state index contributed by atoms with van der Waals surface area (Å²) in [5, 5.41) is 8.28.